The minimum Gasteiger partial charge on any atom is -0.309 e. The Kier molecular flexibility index (Phi) is 12.4. The van der Waals surface area contributed by atoms with Crippen molar-refractivity contribution in [1.29, 1.82) is 0 Å². The molecule has 2 aliphatic rings. The van der Waals surface area contributed by atoms with Crippen molar-refractivity contribution in [2.45, 2.75) is 24.7 Å². The zero-order chi connectivity index (χ0) is 63.6. The summed E-state index contributed by atoms with van der Waals surface area (Å²) in [6.45, 7) is 4.74. The predicted molar refractivity (Wildman–Crippen MR) is 389 cm³/mol. The Bertz CT molecular complexity index is 5790. The number of aromatic nitrogens is 8. The molecule has 0 radical (unpaired) electrons. The van der Waals surface area contributed by atoms with Gasteiger partial charge >= 0.3 is 0 Å². The lowest BCUT2D eigenvalue weighted by Gasteiger charge is -2.33. The molecule has 8 nitrogen and oxygen atoms in total. The van der Waals surface area contributed by atoms with Gasteiger partial charge in [-0.1, -0.05) is 269 Å². The van der Waals surface area contributed by atoms with Crippen molar-refractivity contribution in [1.82, 2.24) is 39.0 Å². The monoisotopic (exact) mass is 1230 g/mol. The van der Waals surface area contributed by atoms with Crippen molar-refractivity contribution >= 4 is 43.6 Å². The van der Waals surface area contributed by atoms with Gasteiger partial charge in [0.25, 0.3) is 0 Å². The van der Waals surface area contributed by atoms with Crippen LogP contribution in [0, 0.1) is 0 Å². The van der Waals surface area contributed by atoms with Gasteiger partial charge in [0.1, 0.15) is 0 Å². The topological polar surface area (TPSA) is 87.2 Å². The summed E-state index contributed by atoms with van der Waals surface area (Å²) >= 11 is 0. The zero-order valence-electron chi connectivity index (χ0n) is 52.6. The zero-order valence-corrected chi connectivity index (χ0v) is 52.6. The van der Waals surface area contributed by atoms with Gasteiger partial charge in [0.2, 0.25) is 5.95 Å². The minimum atomic E-state index is -0.615. The molecule has 8 heteroatoms. The predicted octanol–water partition coefficient (Wildman–Crippen LogP) is 20.9. The summed E-state index contributed by atoms with van der Waals surface area (Å²) in [5.74, 6) is 3.57. The average Bonchev–Trinajstić information content (AvgIpc) is 1.53. The van der Waals surface area contributed by atoms with E-state index in [-0.39, 0.29) is 5.41 Å². The molecule has 0 unspecified atom stereocenters. The standard InChI is InChI=1S/C88H58N8/c1-87(2)72-41-23-21-38-65(72)68-53-79-71(52-74(68)87)80-64(40-25-43-76(80)95(79)63-47-44-59(45-48-63)83-90-81(55-26-9-3-10-27-55)89-82(91-83)56-28-11-4-12-29-56)60-46-49-67-70-51-75-69(66-39-22-24-42-73(66)88(75,61-34-17-7-18-35-61)62-36-19-8-20-37-62)54-78(70)96(77(67)50-60)86-93-84(57-30-13-5-14-31-57)92-85(94-86)58-32-15-6-16-33-58/h3-54H,1-2H3. The second kappa shape index (κ2) is 21.5. The molecule has 13 aromatic carbocycles. The van der Waals surface area contributed by atoms with E-state index in [4.69, 9.17) is 29.9 Å². The van der Waals surface area contributed by atoms with E-state index in [9.17, 15) is 0 Å². The highest BCUT2D eigenvalue weighted by molar-refractivity contribution is 6.19. The third-order valence-electron chi connectivity index (χ3n) is 20.1. The molecule has 2 aliphatic carbocycles. The van der Waals surface area contributed by atoms with Gasteiger partial charge in [-0.3, -0.25) is 4.57 Å². The van der Waals surface area contributed by atoms with Crippen LogP contribution in [-0.4, -0.2) is 39.0 Å². The highest BCUT2D eigenvalue weighted by Crippen LogP contribution is 2.58. The average molecular weight is 1230 g/mol. The number of hydrogen-bond donors (Lipinski definition) is 0. The summed E-state index contributed by atoms with van der Waals surface area (Å²) in [7, 11) is 0. The van der Waals surface area contributed by atoms with Crippen molar-refractivity contribution in [2.75, 3.05) is 0 Å². The van der Waals surface area contributed by atoms with Gasteiger partial charge in [0, 0.05) is 60.5 Å². The summed E-state index contributed by atoms with van der Waals surface area (Å²) in [4.78, 5) is 31.5. The number of fused-ring (bicyclic) bond motifs is 12. The lowest BCUT2D eigenvalue weighted by atomic mass is 9.67. The summed E-state index contributed by atoms with van der Waals surface area (Å²) in [5.41, 5.74) is 23.5. The van der Waals surface area contributed by atoms with Crippen molar-refractivity contribution in [3.8, 4) is 102 Å². The van der Waals surface area contributed by atoms with E-state index in [1.807, 2.05) is 97.1 Å². The number of nitrogens with zero attached hydrogens (tertiary/aromatic N) is 8. The molecule has 4 aromatic heterocycles. The first-order valence-corrected chi connectivity index (χ1v) is 32.8. The molecular weight excluding hydrogens is 1170 g/mol. The van der Waals surface area contributed by atoms with Crippen LogP contribution in [0.1, 0.15) is 47.2 Å². The molecule has 0 bridgehead atoms. The van der Waals surface area contributed by atoms with E-state index in [1.165, 1.54) is 61.0 Å². The van der Waals surface area contributed by atoms with E-state index >= 15 is 0 Å². The van der Waals surface area contributed by atoms with Crippen molar-refractivity contribution < 1.29 is 0 Å². The van der Waals surface area contributed by atoms with E-state index in [0.29, 0.717) is 35.1 Å². The molecule has 0 atom stereocenters. The molecule has 0 saturated carbocycles. The van der Waals surface area contributed by atoms with E-state index in [1.54, 1.807) is 0 Å². The normalized spacial score (nSPS) is 13.3. The maximum absolute atomic E-state index is 5.52. The van der Waals surface area contributed by atoms with Crippen molar-refractivity contribution in [3.05, 3.63) is 349 Å². The molecule has 4 heterocycles. The molecule has 0 amide bonds. The molecule has 0 fully saturated rings. The maximum atomic E-state index is 5.52. The highest BCUT2D eigenvalue weighted by Gasteiger charge is 2.47. The smallest absolute Gasteiger partial charge is 0.238 e. The van der Waals surface area contributed by atoms with Crippen molar-refractivity contribution in [2.24, 2.45) is 0 Å². The molecule has 0 spiro atoms. The van der Waals surface area contributed by atoms with E-state index in [0.717, 1.165) is 82.9 Å². The van der Waals surface area contributed by atoms with E-state index in [2.05, 4.69) is 241 Å². The van der Waals surface area contributed by atoms with Crippen LogP contribution in [0.4, 0.5) is 0 Å². The maximum Gasteiger partial charge on any atom is 0.238 e. The molecule has 450 valence electrons. The Morgan fingerprint density at radius 3 is 1.20 bits per heavy atom. The third-order valence-corrected chi connectivity index (χ3v) is 20.1. The molecule has 0 saturated heterocycles. The second-order valence-electron chi connectivity index (χ2n) is 25.7. The Balaban J connectivity index is 0.864. The van der Waals surface area contributed by atoms with Crippen LogP contribution in [0.2, 0.25) is 0 Å². The lowest BCUT2D eigenvalue weighted by molar-refractivity contribution is 0.661. The van der Waals surface area contributed by atoms with Crippen LogP contribution in [0.5, 0.6) is 0 Å². The number of hydrogen-bond acceptors (Lipinski definition) is 6. The largest absolute Gasteiger partial charge is 0.309 e. The minimum absolute atomic E-state index is 0.242. The van der Waals surface area contributed by atoms with Gasteiger partial charge in [-0.2, -0.15) is 9.97 Å². The van der Waals surface area contributed by atoms with Gasteiger partial charge < -0.3 is 4.57 Å². The van der Waals surface area contributed by atoms with Gasteiger partial charge in [-0.15, -0.1) is 0 Å². The summed E-state index contributed by atoms with van der Waals surface area (Å²) in [6.07, 6.45) is 0. The first-order valence-electron chi connectivity index (χ1n) is 32.8. The van der Waals surface area contributed by atoms with E-state index < -0.39 is 5.41 Å². The quantitative estimate of drug-likeness (QED) is 0.136. The Morgan fingerprint density at radius 1 is 0.250 bits per heavy atom. The first kappa shape index (κ1) is 55.1. The van der Waals surface area contributed by atoms with Crippen LogP contribution in [0.25, 0.3) is 146 Å². The van der Waals surface area contributed by atoms with Crippen LogP contribution < -0.4 is 0 Å². The Morgan fingerprint density at radius 2 is 0.656 bits per heavy atom. The summed E-state index contributed by atoms with van der Waals surface area (Å²) in [5, 5.41) is 4.52. The molecule has 17 aromatic rings. The fraction of sp³-hybridized carbons (Fsp3) is 0.0455. The van der Waals surface area contributed by atoms with Crippen molar-refractivity contribution in [3.63, 3.8) is 0 Å². The van der Waals surface area contributed by atoms with Gasteiger partial charge in [-0.05, 0) is 127 Å². The molecule has 0 aliphatic heterocycles. The number of benzene rings is 13. The first-order chi connectivity index (χ1) is 47.3. The SMILES string of the molecule is CC1(C)c2ccccc2-c2cc3c(cc21)c1c(-c2ccc4c5cc6c(cc5n(-c5nc(-c7ccccc7)nc(-c7ccccc7)n5)c4c2)-c2ccccc2C6(c2ccccc2)c2ccccc2)cccc1n3-c1ccc(-c2nc(-c3ccccc3)nc(-c3ccccc3)n2)cc1. The Hall–Kier alpha value is -12.5. The lowest BCUT2D eigenvalue weighted by Crippen LogP contribution is -2.28. The fourth-order valence-electron chi connectivity index (χ4n) is 15.7. The van der Waals surface area contributed by atoms with Gasteiger partial charge in [0.15, 0.2) is 29.1 Å². The molecule has 96 heavy (non-hydrogen) atoms. The highest BCUT2D eigenvalue weighted by atomic mass is 15.2. The fourth-order valence-corrected chi connectivity index (χ4v) is 15.7. The summed E-state index contributed by atoms with van der Waals surface area (Å²) in [6, 6.07) is 113. The molecule has 0 N–H and O–H groups in total. The van der Waals surface area contributed by atoms with Crippen LogP contribution in [0.3, 0.4) is 0 Å². The van der Waals surface area contributed by atoms with Gasteiger partial charge in [-0.25, -0.2) is 19.9 Å². The molecule has 19 rings (SSSR count). The summed E-state index contributed by atoms with van der Waals surface area (Å²) < 4.78 is 4.75. The van der Waals surface area contributed by atoms with Gasteiger partial charge in [0.05, 0.1) is 27.5 Å². The molecular formula is C88H58N8. The third kappa shape index (κ3) is 8.41. The van der Waals surface area contributed by atoms with Crippen LogP contribution >= 0.6 is 0 Å². The second-order valence-corrected chi connectivity index (χ2v) is 25.7. The van der Waals surface area contributed by atoms with Crippen LogP contribution in [0.15, 0.2) is 315 Å². The number of rotatable bonds is 10. The Labute approximate surface area is 554 Å². The van der Waals surface area contributed by atoms with Crippen LogP contribution in [-0.2, 0) is 10.8 Å².